The van der Waals surface area contributed by atoms with Crippen molar-refractivity contribution >= 4 is 23.2 Å². The average Bonchev–Trinajstić information content (AvgIpc) is 2.27. The van der Waals surface area contributed by atoms with Gasteiger partial charge in [0.15, 0.2) is 5.75 Å². The van der Waals surface area contributed by atoms with Crippen LogP contribution in [-0.4, -0.2) is 23.1 Å². The van der Waals surface area contributed by atoms with E-state index in [1.165, 1.54) is 19.3 Å². The maximum Gasteiger partial charge on any atom is 0.152 e. The van der Waals surface area contributed by atoms with Crippen LogP contribution in [0.15, 0.2) is 12.1 Å². The highest BCUT2D eigenvalue weighted by Crippen LogP contribution is 2.33. The van der Waals surface area contributed by atoms with E-state index < -0.39 is 0 Å². The Hall–Kier alpha value is -0.440. The fraction of sp³-hybridized carbons (Fsp3) is 0.500. The van der Waals surface area contributed by atoms with Gasteiger partial charge < -0.3 is 5.11 Å². The summed E-state index contributed by atoms with van der Waals surface area (Å²) in [6.45, 7) is 3.13. The van der Waals surface area contributed by atoms with Gasteiger partial charge in [-0.05, 0) is 43.6 Å². The van der Waals surface area contributed by atoms with Gasteiger partial charge in [-0.2, -0.15) is 0 Å². The zero-order chi connectivity index (χ0) is 11.5. The Morgan fingerprint density at radius 2 is 1.62 bits per heavy atom. The molecule has 2 nitrogen and oxygen atoms in total. The number of benzene rings is 1. The Morgan fingerprint density at radius 1 is 1.06 bits per heavy atom. The van der Waals surface area contributed by atoms with Crippen LogP contribution in [0.25, 0.3) is 0 Å². The molecule has 1 saturated heterocycles. The maximum atomic E-state index is 9.46. The lowest BCUT2D eigenvalue weighted by atomic mass is 10.1. The van der Waals surface area contributed by atoms with E-state index in [-0.39, 0.29) is 5.75 Å². The van der Waals surface area contributed by atoms with Crippen LogP contribution in [0.3, 0.4) is 0 Å². The van der Waals surface area contributed by atoms with Gasteiger partial charge >= 0.3 is 0 Å². The van der Waals surface area contributed by atoms with Crippen molar-refractivity contribution in [1.29, 1.82) is 0 Å². The first kappa shape index (κ1) is 12.0. The lowest BCUT2D eigenvalue weighted by molar-refractivity contribution is 0.221. The molecule has 0 aromatic heterocycles. The van der Waals surface area contributed by atoms with Gasteiger partial charge in [-0.1, -0.05) is 29.6 Å². The predicted octanol–water partition coefficient (Wildman–Crippen LogP) is 3.68. The molecule has 1 fully saturated rings. The summed E-state index contributed by atoms with van der Waals surface area (Å²) >= 11 is 11.8. The molecule has 0 atom stereocenters. The Bertz CT molecular complexity index is 352. The van der Waals surface area contributed by atoms with Gasteiger partial charge in [0.2, 0.25) is 0 Å². The third-order valence-electron chi connectivity index (χ3n) is 2.93. The molecular weight excluding hydrogens is 245 g/mol. The summed E-state index contributed by atoms with van der Waals surface area (Å²) in [5.74, 6) is -0.0225. The molecule has 1 N–H and O–H groups in total. The van der Waals surface area contributed by atoms with Crippen LogP contribution in [-0.2, 0) is 6.54 Å². The van der Waals surface area contributed by atoms with E-state index in [4.69, 9.17) is 23.2 Å². The molecule has 1 aliphatic rings. The van der Waals surface area contributed by atoms with Crippen LogP contribution in [0.5, 0.6) is 5.75 Å². The molecule has 0 amide bonds. The van der Waals surface area contributed by atoms with Gasteiger partial charge in [-0.25, -0.2) is 0 Å². The number of rotatable bonds is 2. The summed E-state index contributed by atoms with van der Waals surface area (Å²) in [7, 11) is 0. The SMILES string of the molecule is Oc1c(Cl)cc(CN2CCCCC2)cc1Cl. The molecule has 1 heterocycles. The topological polar surface area (TPSA) is 23.5 Å². The van der Waals surface area contributed by atoms with Crippen LogP contribution < -0.4 is 0 Å². The highest BCUT2D eigenvalue weighted by Gasteiger charge is 2.12. The molecule has 1 aromatic rings. The largest absolute Gasteiger partial charge is 0.505 e. The van der Waals surface area contributed by atoms with Crippen LogP contribution in [0.2, 0.25) is 10.0 Å². The second kappa shape index (κ2) is 5.26. The number of aromatic hydroxyl groups is 1. The summed E-state index contributed by atoms with van der Waals surface area (Å²) < 4.78 is 0. The van der Waals surface area contributed by atoms with Crippen LogP contribution in [0.4, 0.5) is 0 Å². The molecular formula is C12H15Cl2NO. The number of halogens is 2. The molecule has 1 aliphatic heterocycles. The monoisotopic (exact) mass is 259 g/mol. The van der Waals surface area contributed by atoms with E-state index >= 15 is 0 Å². The molecule has 1 aromatic carbocycles. The van der Waals surface area contributed by atoms with Gasteiger partial charge in [-0.3, -0.25) is 4.90 Å². The number of hydrogen-bond acceptors (Lipinski definition) is 2. The third kappa shape index (κ3) is 2.82. The highest BCUT2D eigenvalue weighted by molar-refractivity contribution is 6.37. The first-order valence-electron chi connectivity index (χ1n) is 5.56. The molecule has 16 heavy (non-hydrogen) atoms. The zero-order valence-electron chi connectivity index (χ0n) is 9.05. The van der Waals surface area contributed by atoms with Gasteiger partial charge in [0.1, 0.15) is 0 Å². The fourth-order valence-corrected chi connectivity index (χ4v) is 2.62. The summed E-state index contributed by atoms with van der Waals surface area (Å²) in [4.78, 5) is 2.39. The summed E-state index contributed by atoms with van der Waals surface area (Å²) in [5.41, 5.74) is 1.06. The molecule has 2 rings (SSSR count). The number of likely N-dealkylation sites (tertiary alicyclic amines) is 1. The van der Waals surface area contributed by atoms with E-state index in [9.17, 15) is 5.11 Å². The maximum absolute atomic E-state index is 9.46. The first-order valence-corrected chi connectivity index (χ1v) is 6.31. The summed E-state index contributed by atoms with van der Waals surface area (Å²) in [5, 5.41) is 10.1. The summed E-state index contributed by atoms with van der Waals surface area (Å²) in [6.07, 6.45) is 3.85. The van der Waals surface area contributed by atoms with Crippen molar-refractivity contribution in [2.45, 2.75) is 25.8 Å². The van der Waals surface area contributed by atoms with E-state index in [1.807, 2.05) is 0 Å². The van der Waals surface area contributed by atoms with Gasteiger partial charge in [0.25, 0.3) is 0 Å². The lowest BCUT2D eigenvalue weighted by Gasteiger charge is -2.26. The molecule has 0 unspecified atom stereocenters. The normalized spacial score (nSPS) is 17.6. The van der Waals surface area contributed by atoms with E-state index in [0.717, 1.165) is 25.2 Å². The number of phenols is 1. The quantitative estimate of drug-likeness (QED) is 0.876. The highest BCUT2D eigenvalue weighted by atomic mass is 35.5. The predicted molar refractivity (Wildman–Crippen MR) is 67.3 cm³/mol. The van der Waals surface area contributed by atoms with Crippen molar-refractivity contribution in [3.8, 4) is 5.75 Å². The molecule has 0 spiro atoms. The molecule has 0 aliphatic carbocycles. The third-order valence-corrected chi connectivity index (χ3v) is 3.51. The second-order valence-electron chi connectivity index (χ2n) is 4.24. The molecule has 0 bridgehead atoms. The van der Waals surface area contributed by atoms with E-state index in [1.54, 1.807) is 12.1 Å². The number of hydrogen-bond donors (Lipinski definition) is 1. The standard InChI is InChI=1S/C12H15Cl2NO/c13-10-6-9(7-11(14)12(10)16)8-15-4-2-1-3-5-15/h6-7,16H,1-5,8H2. The minimum absolute atomic E-state index is 0.0225. The van der Waals surface area contributed by atoms with Crippen molar-refractivity contribution in [1.82, 2.24) is 4.90 Å². The Morgan fingerprint density at radius 3 is 2.19 bits per heavy atom. The summed E-state index contributed by atoms with van der Waals surface area (Å²) in [6, 6.07) is 3.58. The smallest absolute Gasteiger partial charge is 0.152 e. The van der Waals surface area contributed by atoms with Gasteiger partial charge in [-0.15, -0.1) is 0 Å². The van der Waals surface area contributed by atoms with Crippen LogP contribution in [0, 0.1) is 0 Å². The average molecular weight is 260 g/mol. The van der Waals surface area contributed by atoms with Gasteiger partial charge in [0, 0.05) is 6.54 Å². The fourth-order valence-electron chi connectivity index (χ4n) is 2.09. The van der Waals surface area contributed by atoms with Crippen molar-refractivity contribution < 1.29 is 5.11 Å². The molecule has 0 saturated carbocycles. The van der Waals surface area contributed by atoms with Crippen LogP contribution in [0.1, 0.15) is 24.8 Å². The van der Waals surface area contributed by atoms with Crippen LogP contribution >= 0.6 is 23.2 Å². The van der Waals surface area contributed by atoms with E-state index in [0.29, 0.717) is 10.0 Å². The minimum atomic E-state index is -0.0225. The lowest BCUT2D eigenvalue weighted by Crippen LogP contribution is -2.29. The van der Waals surface area contributed by atoms with Crippen molar-refractivity contribution in [3.05, 3.63) is 27.7 Å². The first-order chi connectivity index (χ1) is 7.66. The van der Waals surface area contributed by atoms with Crippen molar-refractivity contribution in [2.75, 3.05) is 13.1 Å². The molecule has 4 heteroatoms. The zero-order valence-corrected chi connectivity index (χ0v) is 10.6. The molecule has 0 radical (unpaired) electrons. The number of phenolic OH excluding ortho intramolecular Hbond substituents is 1. The second-order valence-corrected chi connectivity index (χ2v) is 5.06. The van der Waals surface area contributed by atoms with E-state index in [2.05, 4.69) is 4.90 Å². The van der Waals surface area contributed by atoms with Gasteiger partial charge in [0.05, 0.1) is 10.0 Å². The number of piperidine rings is 1. The Balaban J connectivity index is 2.09. The minimum Gasteiger partial charge on any atom is -0.505 e. The van der Waals surface area contributed by atoms with Crippen molar-refractivity contribution in [3.63, 3.8) is 0 Å². The molecule has 88 valence electrons. The van der Waals surface area contributed by atoms with Crippen molar-refractivity contribution in [2.24, 2.45) is 0 Å². The Kier molecular flexibility index (Phi) is 3.95. The number of nitrogens with zero attached hydrogens (tertiary/aromatic N) is 1. The Labute approximate surface area is 106 Å².